The first-order valence-corrected chi connectivity index (χ1v) is 7.91. The van der Waals surface area contributed by atoms with Crippen molar-refractivity contribution in [1.82, 2.24) is 10.2 Å². The van der Waals surface area contributed by atoms with Gasteiger partial charge in [0.25, 0.3) is 0 Å². The SMILES string of the molecule is CC(C)COC(=O)N1CC(CNC(=O)OCc2ccccc2)C1. The van der Waals surface area contributed by atoms with E-state index in [1.807, 2.05) is 44.2 Å². The molecule has 1 fully saturated rings. The molecule has 0 radical (unpaired) electrons. The molecule has 2 rings (SSSR count). The van der Waals surface area contributed by atoms with E-state index < -0.39 is 6.09 Å². The number of alkyl carbamates (subject to hydrolysis) is 1. The number of rotatable bonds is 6. The first-order valence-electron chi connectivity index (χ1n) is 7.91. The molecule has 126 valence electrons. The quantitative estimate of drug-likeness (QED) is 0.875. The first-order chi connectivity index (χ1) is 11.0. The van der Waals surface area contributed by atoms with Crippen molar-refractivity contribution in [2.24, 2.45) is 11.8 Å². The smallest absolute Gasteiger partial charge is 0.409 e. The van der Waals surface area contributed by atoms with Crippen LogP contribution < -0.4 is 5.32 Å². The largest absolute Gasteiger partial charge is 0.449 e. The van der Waals surface area contributed by atoms with E-state index in [2.05, 4.69) is 5.32 Å². The van der Waals surface area contributed by atoms with Crippen molar-refractivity contribution < 1.29 is 19.1 Å². The zero-order chi connectivity index (χ0) is 16.7. The van der Waals surface area contributed by atoms with Gasteiger partial charge in [-0.05, 0) is 11.5 Å². The molecule has 0 atom stereocenters. The second-order valence-corrected chi connectivity index (χ2v) is 6.18. The molecule has 1 aliphatic rings. The lowest BCUT2D eigenvalue weighted by Crippen LogP contribution is -2.54. The van der Waals surface area contributed by atoms with E-state index >= 15 is 0 Å². The second kappa shape index (κ2) is 8.41. The fourth-order valence-corrected chi connectivity index (χ4v) is 2.18. The third-order valence-corrected chi connectivity index (χ3v) is 3.50. The number of benzene rings is 1. The molecule has 0 spiro atoms. The Bertz CT molecular complexity index is 513. The van der Waals surface area contributed by atoms with Crippen LogP contribution in [-0.4, -0.2) is 43.3 Å². The second-order valence-electron chi connectivity index (χ2n) is 6.18. The molecule has 6 nitrogen and oxygen atoms in total. The average Bonchev–Trinajstić information content (AvgIpc) is 2.50. The minimum absolute atomic E-state index is 0.255. The van der Waals surface area contributed by atoms with Gasteiger partial charge in [0, 0.05) is 25.6 Å². The summed E-state index contributed by atoms with van der Waals surface area (Å²) in [5, 5.41) is 2.72. The Kier molecular flexibility index (Phi) is 6.26. The molecule has 1 aliphatic heterocycles. The predicted molar refractivity (Wildman–Crippen MR) is 85.9 cm³/mol. The van der Waals surface area contributed by atoms with Crippen LogP contribution in [0.3, 0.4) is 0 Å². The van der Waals surface area contributed by atoms with Crippen LogP contribution >= 0.6 is 0 Å². The fourth-order valence-electron chi connectivity index (χ4n) is 2.18. The molecule has 6 heteroatoms. The Morgan fingerprint density at radius 1 is 1.22 bits per heavy atom. The van der Waals surface area contributed by atoms with Crippen LogP contribution in [0.5, 0.6) is 0 Å². The molecule has 1 aromatic carbocycles. The standard InChI is InChI=1S/C17H24N2O4/c1-13(2)11-23-17(21)19-9-15(10-19)8-18-16(20)22-12-14-6-4-3-5-7-14/h3-7,13,15H,8-12H2,1-2H3,(H,18,20). The maximum Gasteiger partial charge on any atom is 0.409 e. The molecule has 0 aromatic heterocycles. The van der Waals surface area contributed by atoms with Gasteiger partial charge in [-0.15, -0.1) is 0 Å². The van der Waals surface area contributed by atoms with Gasteiger partial charge in [-0.3, -0.25) is 0 Å². The van der Waals surface area contributed by atoms with Crippen LogP contribution in [-0.2, 0) is 16.1 Å². The lowest BCUT2D eigenvalue weighted by atomic mass is 10.0. The van der Waals surface area contributed by atoms with Crippen molar-refractivity contribution in [3.05, 3.63) is 35.9 Å². The minimum Gasteiger partial charge on any atom is -0.449 e. The van der Waals surface area contributed by atoms with E-state index in [1.165, 1.54) is 0 Å². The molecule has 1 N–H and O–H groups in total. The Labute approximate surface area is 136 Å². The van der Waals surface area contributed by atoms with Gasteiger partial charge >= 0.3 is 12.2 Å². The Morgan fingerprint density at radius 2 is 1.91 bits per heavy atom. The van der Waals surface area contributed by atoms with Crippen LogP contribution in [0, 0.1) is 11.8 Å². The van der Waals surface area contributed by atoms with Gasteiger partial charge in [-0.2, -0.15) is 0 Å². The number of carbonyl (C=O) groups is 2. The summed E-state index contributed by atoms with van der Waals surface area (Å²) in [6.07, 6.45) is -0.712. The third-order valence-electron chi connectivity index (χ3n) is 3.50. The maximum atomic E-state index is 11.7. The van der Waals surface area contributed by atoms with E-state index in [0.717, 1.165) is 5.56 Å². The highest BCUT2D eigenvalue weighted by molar-refractivity contribution is 5.69. The molecule has 23 heavy (non-hydrogen) atoms. The number of nitrogens with zero attached hydrogens (tertiary/aromatic N) is 1. The molecule has 1 heterocycles. The van der Waals surface area contributed by atoms with Gasteiger partial charge < -0.3 is 19.7 Å². The molecule has 1 aromatic rings. The fraction of sp³-hybridized carbons (Fsp3) is 0.529. The molecular formula is C17H24N2O4. The molecule has 1 saturated heterocycles. The molecule has 0 saturated carbocycles. The number of hydrogen-bond acceptors (Lipinski definition) is 4. The molecule has 0 aliphatic carbocycles. The number of likely N-dealkylation sites (tertiary alicyclic amines) is 1. The van der Waals surface area contributed by atoms with E-state index in [0.29, 0.717) is 32.2 Å². The highest BCUT2D eigenvalue weighted by Gasteiger charge is 2.31. The van der Waals surface area contributed by atoms with E-state index in [9.17, 15) is 9.59 Å². The minimum atomic E-state index is -0.435. The third kappa shape index (κ3) is 5.81. The van der Waals surface area contributed by atoms with Crippen LogP contribution in [0.15, 0.2) is 30.3 Å². The van der Waals surface area contributed by atoms with E-state index in [1.54, 1.807) is 4.90 Å². The van der Waals surface area contributed by atoms with Crippen molar-refractivity contribution >= 4 is 12.2 Å². The zero-order valence-corrected chi connectivity index (χ0v) is 13.7. The first kappa shape index (κ1) is 17.1. The number of ether oxygens (including phenoxy) is 2. The Morgan fingerprint density at radius 3 is 2.57 bits per heavy atom. The van der Waals surface area contributed by atoms with Crippen molar-refractivity contribution in [2.75, 3.05) is 26.2 Å². The van der Waals surface area contributed by atoms with Crippen LogP contribution in [0.25, 0.3) is 0 Å². The number of carbonyl (C=O) groups excluding carboxylic acids is 2. The maximum absolute atomic E-state index is 11.7. The van der Waals surface area contributed by atoms with Gasteiger partial charge in [0.15, 0.2) is 0 Å². The highest BCUT2D eigenvalue weighted by atomic mass is 16.6. The lowest BCUT2D eigenvalue weighted by Gasteiger charge is -2.38. The number of hydrogen-bond donors (Lipinski definition) is 1. The number of amides is 2. The number of nitrogens with one attached hydrogen (secondary N) is 1. The zero-order valence-electron chi connectivity index (χ0n) is 13.7. The Balaban J connectivity index is 1.56. The van der Waals surface area contributed by atoms with Gasteiger partial charge in [0.2, 0.25) is 0 Å². The van der Waals surface area contributed by atoms with Gasteiger partial charge in [0.05, 0.1) is 6.61 Å². The summed E-state index contributed by atoms with van der Waals surface area (Å²) in [5.41, 5.74) is 0.949. The summed E-state index contributed by atoms with van der Waals surface area (Å²) in [6, 6.07) is 9.52. The lowest BCUT2D eigenvalue weighted by molar-refractivity contribution is 0.0471. The summed E-state index contributed by atoms with van der Waals surface area (Å²) in [6.45, 7) is 6.40. The molecule has 0 unspecified atom stereocenters. The molecule has 0 bridgehead atoms. The van der Waals surface area contributed by atoms with Gasteiger partial charge in [-0.1, -0.05) is 44.2 Å². The summed E-state index contributed by atoms with van der Waals surface area (Å²) in [7, 11) is 0. The molecular weight excluding hydrogens is 296 g/mol. The van der Waals surface area contributed by atoms with Crippen molar-refractivity contribution in [2.45, 2.75) is 20.5 Å². The topological polar surface area (TPSA) is 67.9 Å². The van der Waals surface area contributed by atoms with Crippen molar-refractivity contribution in [1.29, 1.82) is 0 Å². The van der Waals surface area contributed by atoms with Gasteiger partial charge in [0.1, 0.15) is 6.61 Å². The highest BCUT2D eigenvalue weighted by Crippen LogP contribution is 2.16. The average molecular weight is 320 g/mol. The van der Waals surface area contributed by atoms with Gasteiger partial charge in [-0.25, -0.2) is 9.59 Å². The van der Waals surface area contributed by atoms with E-state index in [-0.39, 0.29) is 18.6 Å². The Hall–Kier alpha value is -2.24. The van der Waals surface area contributed by atoms with Crippen molar-refractivity contribution in [3.8, 4) is 0 Å². The van der Waals surface area contributed by atoms with Crippen molar-refractivity contribution in [3.63, 3.8) is 0 Å². The normalized spacial score (nSPS) is 14.3. The van der Waals surface area contributed by atoms with Crippen LogP contribution in [0.1, 0.15) is 19.4 Å². The summed E-state index contributed by atoms with van der Waals surface area (Å²) >= 11 is 0. The predicted octanol–water partition coefficient (Wildman–Crippen LogP) is 2.64. The van der Waals surface area contributed by atoms with Crippen LogP contribution in [0.4, 0.5) is 9.59 Å². The van der Waals surface area contributed by atoms with Crippen LogP contribution in [0.2, 0.25) is 0 Å². The molecule has 2 amide bonds. The monoisotopic (exact) mass is 320 g/mol. The summed E-state index contributed by atoms with van der Waals surface area (Å²) in [5.74, 6) is 0.586. The summed E-state index contributed by atoms with van der Waals surface area (Å²) < 4.78 is 10.3. The summed E-state index contributed by atoms with van der Waals surface area (Å²) in [4.78, 5) is 24.9. The van der Waals surface area contributed by atoms with E-state index in [4.69, 9.17) is 9.47 Å².